The van der Waals surface area contributed by atoms with Crippen LogP contribution in [0.1, 0.15) is 38.9 Å². The first-order valence-electron chi connectivity index (χ1n) is 6.01. The molecule has 3 nitrogen and oxygen atoms in total. The van der Waals surface area contributed by atoms with Crippen molar-refractivity contribution in [1.82, 2.24) is 0 Å². The molecule has 0 aliphatic rings. The van der Waals surface area contributed by atoms with Crippen LogP contribution in [0, 0.1) is 0 Å². The molecule has 0 unspecified atom stereocenters. The highest BCUT2D eigenvalue weighted by Gasteiger charge is 2.16. The van der Waals surface area contributed by atoms with Crippen molar-refractivity contribution in [3.05, 3.63) is 28.8 Å². The molecule has 0 saturated heterocycles. The highest BCUT2D eigenvalue weighted by atomic mass is 35.5. The maximum Gasteiger partial charge on any atom is 0.137 e. The van der Waals surface area contributed by atoms with Crippen LogP contribution >= 0.6 is 11.6 Å². The van der Waals surface area contributed by atoms with Crippen molar-refractivity contribution in [2.24, 2.45) is 0 Å². The first-order chi connectivity index (χ1) is 8.35. The van der Waals surface area contributed by atoms with Gasteiger partial charge < -0.3 is 14.6 Å². The molecule has 0 bridgehead atoms. The maximum atomic E-state index is 9.44. The van der Waals surface area contributed by atoms with E-state index >= 15 is 0 Å². The Hall–Kier alpha value is -0.770. The Morgan fingerprint density at radius 3 is 2.56 bits per heavy atom. The Balaban J connectivity index is 2.58. The van der Waals surface area contributed by atoms with Crippen LogP contribution in [0.2, 0.25) is 5.02 Å². The number of hydrogen-bond donors (Lipinski definition) is 1. The van der Waals surface area contributed by atoms with Gasteiger partial charge in [0, 0.05) is 13.5 Å². The highest BCUT2D eigenvalue weighted by molar-refractivity contribution is 6.32. The average molecular weight is 273 g/mol. The van der Waals surface area contributed by atoms with E-state index in [1.54, 1.807) is 26.2 Å². The third-order valence-electron chi connectivity index (χ3n) is 2.95. The van der Waals surface area contributed by atoms with E-state index in [2.05, 4.69) is 0 Å². The number of ether oxygens (including phenoxy) is 2. The quantitative estimate of drug-likeness (QED) is 0.860. The minimum Gasteiger partial charge on any atom is -0.492 e. The van der Waals surface area contributed by atoms with Crippen molar-refractivity contribution >= 4 is 11.6 Å². The van der Waals surface area contributed by atoms with E-state index in [1.165, 1.54) is 0 Å². The predicted molar refractivity (Wildman–Crippen MR) is 73.3 cm³/mol. The van der Waals surface area contributed by atoms with Crippen LogP contribution in [0.15, 0.2) is 18.2 Å². The molecule has 1 aromatic rings. The van der Waals surface area contributed by atoms with Crippen LogP contribution in [-0.4, -0.2) is 24.4 Å². The summed E-state index contributed by atoms with van der Waals surface area (Å²) in [4.78, 5) is 0. The zero-order chi connectivity index (χ0) is 13.8. The van der Waals surface area contributed by atoms with E-state index in [4.69, 9.17) is 21.1 Å². The van der Waals surface area contributed by atoms with Gasteiger partial charge in [-0.1, -0.05) is 17.7 Å². The molecule has 18 heavy (non-hydrogen) atoms. The van der Waals surface area contributed by atoms with Crippen molar-refractivity contribution in [2.75, 3.05) is 13.7 Å². The normalized spacial score (nSPS) is 13.4. The largest absolute Gasteiger partial charge is 0.492 e. The van der Waals surface area contributed by atoms with Crippen molar-refractivity contribution in [2.45, 2.75) is 38.9 Å². The third-order valence-corrected chi connectivity index (χ3v) is 3.25. The van der Waals surface area contributed by atoms with Gasteiger partial charge in [-0.05, 0) is 38.5 Å². The Labute approximate surface area is 114 Å². The second-order valence-corrected chi connectivity index (χ2v) is 5.34. The smallest absolute Gasteiger partial charge is 0.137 e. The van der Waals surface area contributed by atoms with Gasteiger partial charge in [0.05, 0.1) is 23.3 Å². The van der Waals surface area contributed by atoms with Crippen LogP contribution in [-0.2, 0) is 4.74 Å². The first-order valence-corrected chi connectivity index (χ1v) is 6.39. The zero-order valence-electron chi connectivity index (χ0n) is 11.4. The molecule has 0 spiro atoms. The summed E-state index contributed by atoms with van der Waals surface area (Å²) in [5.74, 6) is 0.632. The number of aliphatic hydroxyl groups excluding tert-OH is 1. The first kappa shape index (κ1) is 15.3. The molecule has 4 heteroatoms. The minimum atomic E-state index is -0.524. The SMILES string of the molecule is COC(C)(C)CCOc1ccc([C@H](C)O)cc1Cl. The van der Waals surface area contributed by atoms with Crippen molar-refractivity contribution in [3.8, 4) is 5.75 Å². The van der Waals surface area contributed by atoms with Gasteiger partial charge in [-0.15, -0.1) is 0 Å². The van der Waals surface area contributed by atoms with E-state index in [-0.39, 0.29) is 5.60 Å². The molecule has 1 N–H and O–H groups in total. The minimum absolute atomic E-state index is 0.202. The molecule has 0 aliphatic carbocycles. The van der Waals surface area contributed by atoms with E-state index < -0.39 is 6.10 Å². The van der Waals surface area contributed by atoms with Crippen LogP contribution in [0.25, 0.3) is 0 Å². The second-order valence-electron chi connectivity index (χ2n) is 4.93. The van der Waals surface area contributed by atoms with Gasteiger partial charge in [0.25, 0.3) is 0 Å². The molecule has 0 amide bonds. The number of methoxy groups -OCH3 is 1. The topological polar surface area (TPSA) is 38.7 Å². The Kier molecular flexibility index (Phi) is 5.45. The van der Waals surface area contributed by atoms with E-state index in [0.717, 1.165) is 12.0 Å². The molecular weight excluding hydrogens is 252 g/mol. The maximum absolute atomic E-state index is 9.44. The van der Waals surface area contributed by atoms with Gasteiger partial charge in [-0.2, -0.15) is 0 Å². The van der Waals surface area contributed by atoms with E-state index in [9.17, 15) is 5.11 Å². The number of halogens is 1. The number of benzene rings is 1. The summed E-state index contributed by atoms with van der Waals surface area (Å²) in [6, 6.07) is 5.32. The van der Waals surface area contributed by atoms with E-state index in [0.29, 0.717) is 17.4 Å². The summed E-state index contributed by atoms with van der Waals surface area (Å²) in [7, 11) is 1.68. The molecule has 0 aliphatic heterocycles. The zero-order valence-corrected chi connectivity index (χ0v) is 12.1. The molecule has 0 heterocycles. The molecule has 0 fully saturated rings. The van der Waals surface area contributed by atoms with Crippen LogP contribution in [0.4, 0.5) is 0 Å². The molecular formula is C14H21ClO3. The summed E-state index contributed by atoms with van der Waals surface area (Å²) in [6.07, 6.45) is 0.252. The summed E-state index contributed by atoms with van der Waals surface area (Å²) >= 11 is 6.09. The fourth-order valence-corrected chi connectivity index (χ4v) is 1.65. The number of aliphatic hydroxyl groups is 1. The lowest BCUT2D eigenvalue weighted by molar-refractivity contribution is 0.00546. The number of rotatable bonds is 6. The van der Waals surface area contributed by atoms with Crippen LogP contribution < -0.4 is 4.74 Å². The summed E-state index contributed by atoms with van der Waals surface area (Å²) in [5, 5.41) is 9.95. The summed E-state index contributed by atoms with van der Waals surface area (Å²) < 4.78 is 10.9. The van der Waals surface area contributed by atoms with Gasteiger partial charge in [0.1, 0.15) is 5.75 Å². The molecule has 0 aromatic heterocycles. The highest BCUT2D eigenvalue weighted by Crippen LogP contribution is 2.28. The van der Waals surface area contributed by atoms with Crippen LogP contribution in [0.3, 0.4) is 0 Å². The third kappa shape index (κ3) is 4.48. The van der Waals surface area contributed by atoms with E-state index in [1.807, 2.05) is 19.9 Å². The lowest BCUT2D eigenvalue weighted by Crippen LogP contribution is -2.25. The van der Waals surface area contributed by atoms with Crippen molar-refractivity contribution in [1.29, 1.82) is 0 Å². The van der Waals surface area contributed by atoms with Crippen LogP contribution in [0.5, 0.6) is 5.75 Å². The fourth-order valence-electron chi connectivity index (χ4n) is 1.40. The predicted octanol–water partition coefficient (Wildman–Crippen LogP) is 3.59. The van der Waals surface area contributed by atoms with Crippen molar-refractivity contribution in [3.63, 3.8) is 0 Å². The van der Waals surface area contributed by atoms with Gasteiger partial charge in [-0.25, -0.2) is 0 Å². The standard InChI is InChI=1S/C14H21ClO3/c1-10(16)11-5-6-13(12(15)9-11)18-8-7-14(2,3)17-4/h5-6,9-10,16H,7-8H2,1-4H3/t10-/m0/s1. The summed E-state index contributed by atoms with van der Waals surface area (Å²) in [5.41, 5.74) is 0.580. The molecule has 1 atom stereocenters. The van der Waals surface area contributed by atoms with Gasteiger partial charge in [0.2, 0.25) is 0 Å². The second kappa shape index (κ2) is 6.41. The average Bonchev–Trinajstić information content (AvgIpc) is 2.31. The van der Waals surface area contributed by atoms with Gasteiger partial charge in [0.15, 0.2) is 0 Å². The lowest BCUT2D eigenvalue weighted by Gasteiger charge is -2.22. The van der Waals surface area contributed by atoms with Gasteiger partial charge in [-0.3, -0.25) is 0 Å². The lowest BCUT2D eigenvalue weighted by atomic mass is 10.1. The molecule has 102 valence electrons. The molecule has 1 rings (SSSR count). The number of hydrogen-bond acceptors (Lipinski definition) is 3. The Bertz CT molecular complexity index is 389. The fraction of sp³-hybridized carbons (Fsp3) is 0.571. The van der Waals surface area contributed by atoms with Crippen molar-refractivity contribution < 1.29 is 14.6 Å². The van der Waals surface area contributed by atoms with Gasteiger partial charge >= 0.3 is 0 Å². The Morgan fingerprint density at radius 2 is 2.06 bits per heavy atom. The summed E-state index contributed by atoms with van der Waals surface area (Å²) in [6.45, 7) is 6.25. The molecule has 0 saturated carbocycles. The Morgan fingerprint density at radius 1 is 1.39 bits per heavy atom. The molecule has 1 aromatic carbocycles. The monoisotopic (exact) mass is 272 g/mol. The molecule has 0 radical (unpaired) electrons.